The second-order valence-electron chi connectivity index (χ2n) is 7.99. The van der Waals surface area contributed by atoms with E-state index in [2.05, 4.69) is 63.5 Å². The average molecular weight is 329 g/mol. The Hall–Kier alpha value is -1.35. The lowest BCUT2D eigenvalue weighted by molar-refractivity contribution is 0.332. The minimum Gasteiger partial charge on any atom is -0.362 e. The Labute approximate surface area is 144 Å². The van der Waals surface area contributed by atoms with Crippen molar-refractivity contribution < 1.29 is 0 Å². The Morgan fingerprint density at radius 3 is 2.48 bits per heavy atom. The van der Waals surface area contributed by atoms with E-state index in [1.807, 2.05) is 0 Å². The van der Waals surface area contributed by atoms with Crippen LogP contribution in [0.25, 0.3) is 11.3 Å². The van der Waals surface area contributed by atoms with Gasteiger partial charge in [0.1, 0.15) is 0 Å². The van der Waals surface area contributed by atoms with Crippen LogP contribution in [0.4, 0.5) is 5.13 Å². The lowest BCUT2D eigenvalue weighted by Crippen LogP contribution is -2.33. The van der Waals surface area contributed by atoms with Crippen molar-refractivity contribution in [2.75, 3.05) is 11.9 Å². The molecule has 0 saturated heterocycles. The van der Waals surface area contributed by atoms with Gasteiger partial charge in [-0.25, -0.2) is 4.98 Å². The minimum atomic E-state index is 0.250. The van der Waals surface area contributed by atoms with Gasteiger partial charge in [0.25, 0.3) is 0 Å². The van der Waals surface area contributed by atoms with Crippen LogP contribution in [0, 0.1) is 0 Å². The van der Waals surface area contributed by atoms with Gasteiger partial charge in [0, 0.05) is 17.5 Å². The van der Waals surface area contributed by atoms with Crippen LogP contribution in [0.1, 0.15) is 65.0 Å². The van der Waals surface area contributed by atoms with Crippen LogP contribution < -0.4 is 5.32 Å². The van der Waals surface area contributed by atoms with Crippen LogP contribution in [0.5, 0.6) is 0 Å². The molecule has 0 saturated carbocycles. The highest BCUT2D eigenvalue weighted by atomic mass is 32.1. The number of aromatic nitrogens is 1. The standard InChI is InChI=1S/C20H28N2S/c1-6-11-21-18-22-17(13-23-18)14-7-8-15-16(12-14)20(4,5)10-9-19(15,2)3/h7-8,12-13H,6,9-11H2,1-5H3,(H,21,22). The molecule has 0 amide bonds. The normalized spacial score (nSPS) is 18.5. The molecule has 1 heterocycles. The fourth-order valence-corrected chi connectivity index (χ4v) is 4.22. The maximum Gasteiger partial charge on any atom is 0.183 e. The topological polar surface area (TPSA) is 24.9 Å². The monoisotopic (exact) mass is 328 g/mol. The molecule has 1 aliphatic carbocycles. The summed E-state index contributed by atoms with van der Waals surface area (Å²) in [5.41, 5.74) is 5.88. The molecule has 0 bridgehead atoms. The average Bonchev–Trinajstić information content (AvgIpc) is 2.98. The van der Waals surface area contributed by atoms with Crippen LogP contribution in [-0.4, -0.2) is 11.5 Å². The molecule has 3 rings (SSSR count). The summed E-state index contributed by atoms with van der Waals surface area (Å²) in [6.45, 7) is 12.7. The second kappa shape index (κ2) is 5.94. The van der Waals surface area contributed by atoms with Crippen LogP contribution >= 0.6 is 11.3 Å². The SMILES string of the molecule is CCCNc1nc(-c2ccc3c(c2)C(C)(C)CCC3(C)C)cs1. The summed E-state index contributed by atoms with van der Waals surface area (Å²) in [5, 5.41) is 6.58. The molecule has 0 atom stereocenters. The summed E-state index contributed by atoms with van der Waals surface area (Å²) in [4.78, 5) is 4.76. The van der Waals surface area contributed by atoms with E-state index in [1.165, 1.54) is 29.5 Å². The fourth-order valence-electron chi connectivity index (χ4n) is 3.47. The van der Waals surface area contributed by atoms with Gasteiger partial charge >= 0.3 is 0 Å². The van der Waals surface area contributed by atoms with Crippen molar-refractivity contribution in [2.24, 2.45) is 0 Å². The van der Waals surface area contributed by atoms with Crippen molar-refractivity contribution in [2.45, 2.75) is 64.7 Å². The van der Waals surface area contributed by atoms with Crippen LogP contribution in [0.3, 0.4) is 0 Å². The van der Waals surface area contributed by atoms with Gasteiger partial charge in [0.2, 0.25) is 0 Å². The van der Waals surface area contributed by atoms with Crippen molar-refractivity contribution in [3.05, 3.63) is 34.7 Å². The first-order valence-electron chi connectivity index (χ1n) is 8.68. The summed E-state index contributed by atoms with van der Waals surface area (Å²) in [7, 11) is 0. The van der Waals surface area contributed by atoms with E-state index in [9.17, 15) is 0 Å². The highest BCUT2D eigenvalue weighted by Gasteiger charge is 2.37. The van der Waals surface area contributed by atoms with Crippen LogP contribution in [-0.2, 0) is 10.8 Å². The summed E-state index contributed by atoms with van der Waals surface area (Å²) in [6, 6.07) is 6.97. The Balaban J connectivity index is 1.98. The van der Waals surface area contributed by atoms with E-state index in [0.29, 0.717) is 0 Å². The molecule has 1 N–H and O–H groups in total. The molecular weight excluding hydrogens is 300 g/mol. The molecule has 3 heteroatoms. The fraction of sp³-hybridized carbons (Fsp3) is 0.550. The van der Waals surface area contributed by atoms with E-state index in [4.69, 9.17) is 4.98 Å². The Bertz CT molecular complexity index is 697. The third-order valence-corrected chi connectivity index (χ3v) is 5.98. The quantitative estimate of drug-likeness (QED) is 0.746. The van der Waals surface area contributed by atoms with Crippen molar-refractivity contribution in [3.63, 3.8) is 0 Å². The molecule has 0 spiro atoms. The van der Waals surface area contributed by atoms with Crippen molar-refractivity contribution in [1.82, 2.24) is 4.98 Å². The van der Waals surface area contributed by atoms with Gasteiger partial charge in [-0.15, -0.1) is 11.3 Å². The molecule has 0 radical (unpaired) electrons. The molecular formula is C20H28N2S. The molecule has 124 valence electrons. The van der Waals surface area contributed by atoms with Crippen LogP contribution in [0.15, 0.2) is 23.6 Å². The number of fused-ring (bicyclic) bond motifs is 1. The summed E-state index contributed by atoms with van der Waals surface area (Å²) in [6.07, 6.45) is 3.63. The molecule has 0 aliphatic heterocycles. The van der Waals surface area contributed by atoms with Crippen molar-refractivity contribution in [1.29, 1.82) is 0 Å². The van der Waals surface area contributed by atoms with Crippen molar-refractivity contribution >= 4 is 16.5 Å². The number of anilines is 1. The maximum absolute atomic E-state index is 4.76. The predicted molar refractivity (Wildman–Crippen MR) is 102 cm³/mol. The van der Waals surface area contributed by atoms with E-state index >= 15 is 0 Å². The Kier molecular flexibility index (Phi) is 4.26. The molecule has 0 unspecified atom stereocenters. The zero-order valence-electron chi connectivity index (χ0n) is 15.0. The minimum absolute atomic E-state index is 0.250. The highest BCUT2D eigenvalue weighted by Crippen LogP contribution is 2.46. The van der Waals surface area contributed by atoms with Gasteiger partial charge in [0.15, 0.2) is 5.13 Å². The largest absolute Gasteiger partial charge is 0.362 e. The number of nitrogens with zero attached hydrogens (tertiary/aromatic N) is 1. The second-order valence-corrected chi connectivity index (χ2v) is 8.85. The molecule has 2 nitrogen and oxygen atoms in total. The van der Waals surface area contributed by atoms with Gasteiger partial charge in [-0.05, 0) is 47.3 Å². The third kappa shape index (κ3) is 3.16. The van der Waals surface area contributed by atoms with Gasteiger partial charge in [-0.3, -0.25) is 0 Å². The Morgan fingerprint density at radius 1 is 1.09 bits per heavy atom. The number of hydrogen-bond donors (Lipinski definition) is 1. The first-order chi connectivity index (χ1) is 10.8. The smallest absolute Gasteiger partial charge is 0.183 e. The molecule has 1 aliphatic rings. The first kappa shape index (κ1) is 16.5. The van der Waals surface area contributed by atoms with E-state index in [1.54, 1.807) is 11.3 Å². The van der Waals surface area contributed by atoms with Gasteiger partial charge < -0.3 is 5.32 Å². The highest BCUT2D eigenvalue weighted by molar-refractivity contribution is 7.14. The van der Waals surface area contributed by atoms with Gasteiger partial charge in [-0.2, -0.15) is 0 Å². The zero-order chi connectivity index (χ0) is 16.7. The zero-order valence-corrected chi connectivity index (χ0v) is 15.8. The van der Waals surface area contributed by atoms with Crippen LogP contribution in [0.2, 0.25) is 0 Å². The third-order valence-electron chi connectivity index (χ3n) is 5.18. The van der Waals surface area contributed by atoms with Gasteiger partial charge in [0.05, 0.1) is 5.69 Å². The molecule has 23 heavy (non-hydrogen) atoms. The summed E-state index contributed by atoms with van der Waals surface area (Å²) >= 11 is 1.70. The number of benzene rings is 1. The molecule has 1 aromatic heterocycles. The predicted octanol–water partition coefficient (Wildman–Crippen LogP) is 5.98. The molecule has 2 aromatic rings. The molecule has 1 aromatic carbocycles. The number of hydrogen-bond acceptors (Lipinski definition) is 3. The maximum atomic E-state index is 4.76. The van der Waals surface area contributed by atoms with Crippen molar-refractivity contribution in [3.8, 4) is 11.3 Å². The number of nitrogens with one attached hydrogen (secondary N) is 1. The Morgan fingerprint density at radius 2 is 1.78 bits per heavy atom. The molecule has 0 fully saturated rings. The van der Waals surface area contributed by atoms with E-state index < -0.39 is 0 Å². The lowest BCUT2D eigenvalue weighted by Gasteiger charge is -2.42. The summed E-state index contributed by atoms with van der Waals surface area (Å²) in [5.74, 6) is 0. The lowest BCUT2D eigenvalue weighted by atomic mass is 9.63. The number of thiazole rings is 1. The number of rotatable bonds is 4. The van der Waals surface area contributed by atoms with E-state index in [-0.39, 0.29) is 10.8 Å². The first-order valence-corrected chi connectivity index (χ1v) is 9.56. The summed E-state index contributed by atoms with van der Waals surface area (Å²) < 4.78 is 0. The van der Waals surface area contributed by atoms with E-state index in [0.717, 1.165) is 23.8 Å². The van der Waals surface area contributed by atoms with Gasteiger partial charge in [-0.1, -0.05) is 46.8 Å².